The topological polar surface area (TPSA) is 50.8 Å². The highest BCUT2D eigenvalue weighted by Crippen LogP contribution is 2.02. The number of benzene rings is 1. The van der Waals surface area contributed by atoms with Gasteiger partial charge in [-0.25, -0.2) is 0 Å². The molecule has 1 aromatic carbocycles. The van der Waals surface area contributed by atoms with Crippen LogP contribution in [0.25, 0.3) is 0 Å². The van der Waals surface area contributed by atoms with E-state index in [1.165, 1.54) is 5.56 Å². The Hall–Kier alpha value is -1.55. The van der Waals surface area contributed by atoms with Crippen molar-refractivity contribution in [3.63, 3.8) is 0 Å². The summed E-state index contributed by atoms with van der Waals surface area (Å²) in [4.78, 5) is 6.52. The number of guanidine groups is 1. The van der Waals surface area contributed by atoms with E-state index >= 15 is 0 Å². The zero-order chi connectivity index (χ0) is 12.6. The van der Waals surface area contributed by atoms with Crippen LogP contribution in [0.1, 0.15) is 12.0 Å². The highest BCUT2D eigenvalue weighted by molar-refractivity contribution is 5.78. The molecule has 0 aromatic heterocycles. The molecule has 98 valence electrons. The van der Waals surface area contributed by atoms with Crippen molar-refractivity contribution in [2.75, 3.05) is 32.8 Å². The third-order valence-corrected chi connectivity index (χ3v) is 3.08. The van der Waals surface area contributed by atoms with Gasteiger partial charge in [-0.05, 0) is 18.4 Å². The van der Waals surface area contributed by atoms with Gasteiger partial charge >= 0.3 is 0 Å². The lowest BCUT2D eigenvalue weighted by Gasteiger charge is -2.27. The van der Waals surface area contributed by atoms with Crippen LogP contribution in [0.15, 0.2) is 35.3 Å². The molecule has 1 aliphatic heterocycles. The Morgan fingerprint density at radius 1 is 1.22 bits per heavy atom. The van der Waals surface area contributed by atoms with Gasteiger partial charge in [-0.2, -0.15) is 0 Å². The van der Waals surface area contributed by atoms with Crippen molar-refractivity contribution in [1.29, 1.82) is 0 Å². The summed E-state index contributed by atoms with van der Waals surface area (Å²) >= 11 is 0. The molecule has 0 spiro atoms. The molecule has 1 fully saturated rings. The van der Waals surface area contributed by atoms with Crippen LogP contribution in [0.2, 0.25) is 0 Å². The molecule has 2 rings (SSSR count). The molecule has 0 radical (unpaired) electrons. The molecule has 0 atom stereocenters. The molecule has 0 unspecified atom stereocenters. The summed E-state index contributed by atoms with van der Waals surface area (Å²) in [5, 5.41) is 0. The van der Waals surface area contributed by atoms with E-state index in [4.69, 9.17) is 10.5 Å². The largest absolute Gasteiger partial charge is 0.378 e. The first-order valence-corrected chi connectivity index (χ1v) is 6.53. The monoisotopic (exact) mass is 247 g/mol. The van der Waals surface area contributed by atoms with Crippen LogP contribution in [0, 0.1) is 0 Å². The molecule has 1 heterocycles. The Morgan fingerprint density at radius 2 is 1.94 bits per heavy atom. The number of aliphatic imine (C=N–C) groups is 1. The second-order valence-electron chi connectivity index (χ2n) is 4.43. The van der Waals surface area contributed by atoms with Gasteiger partial charge in [0.05, 0.1) is 13.2 Å². The molecule has 2 N–H and O–H groups in total. The Labute approximate surface area is 108 Å². The summed E-state index contributed by atoms with van der Waals surface area (Å²) in [5.74, 6) is 0.659. The molecule has 0 bridgehead atoms. The first-order valence-electron chi connectivity index (χ1n) is 6.53. The van der Waals surface area contributed by atoms with Gasteiger partial charge in [-0.3, -0.25) is 4.99 Å². The number of hydrogen-bond donors (Lipinski definition) is 1. The number of aryl methyl sites for hydroxylation is 1. The third kappa shape index (κ3) is 4.04. The van der Waals surface area contributed by atoms with Crippen LogP contribution >= 0.6 is 0 Å². The number of nitrogens with zero attached hydrogens (tertiary/aromatic N) is 2. The van der Waals surface area contributed by atoms with Gasteiger partial charge in [0.15, 0.2) is 5.96 Å². The highest BCUT2D eigenvalue weighted by atomic mass is 16.5. The lowest BCUT2D eigenvalue weighted by Crippen LogP contribution is -2.44. The maximum Gasteiger partial charge on any atom is 0.191 e. The summed E-state index contributed by atoms with van der Waals surface area (Å²) in [6, 6.07) is 10.5. The molecule has 0 saturated carbocycles. The predicted octanol–water partition coefficient (Wildman–Crippen LogP) is 1.27. The minimum absolute atomic E-state index is 0.659. The van der Waals surface area contributed by atoms with E-state index in [0.717, 1.165) is 45.7 Å². The Kier molecular flexibility index (Phi) is 5.02. The Balaban J connectivity index is 1.70. The van der Waals surface area contributed by atoms with E-state index in [1.807, 2.05) is 6.07 Å². The van der Waals surface area contributed by atoms with Crippen molar-refractivity contribution in [3.05, 3.63) is 35.9 Å². The summed E-state index contributed by atoms with van der Waals surface area (Å²) in [6.07, 6.45) is 2.09. The maximum absolute atomic E-state index is 5.95. The third-order valence-electron chi connectivity index (χ3n) is 3.08. The van der Waals surface area contributed by atoms with Crippen LogP contribution in [-0.4, -0.2) is 43.7 Å². The van der Waals surface area contributed by atoms with Crippen molar-refractivity contribution in [3.8, 4) is 0 Å². The van der Waals surface area contributed by atoms with Gasteiger partial charge in [-0.1, -0.05) is 30.3 Å². The Morgan fingerprint density at radius 3 is 2.67 bits per heavy atom. The molecule has 1 saturated heterocycles. The molecule has 4 heteroatoms. The average Bonchev–Trinajstić information content (AvgIpc) is 2.45. The van der Waals surface area contributed by atoms with Crippen LogP contribution in [0.4, 0.5) is 0 Å². The van der Waals surface area contributed by atoms with Crippen LogP contribution in [0.5, 0.6) is 0 Å². The maximum atomic E-state index is 5.95. The summed E-state index contributed by atoms with van der Waals surface area (Å²) in [6.45, 7) is 4.00. The zero-order valence-electron chi connectivity index (χ0n) is 10.7. The van der Waals surface area contributed by atoms with Crippen LogP contribution in [-0.2, 0) is 11.2 Å². The van der Waals surface area contributed by atoms with E-state index < -0.39 is 0 Å². The van der Waals surface area contributed by atoms with Crippen LogP contribution < -0.4 is 5.73 Å². The van der Waals surface area contributed by atoms with Crippen molar-refractivity contribution in [2.45, 2.75) is 12.8 Å². The minimum atomic E-state index is 0.659. The number of ether oxygens (including phenoxy) is 1. The quantitative estimate of drug-likeness (QED) is 0.495. The molecule has 1 aromatic rings. The standard InChI is InChI=1S/C14H21N3O/c15-14(17-9-11-18-12-10-17)16-8-4-7-13-5-2-1-3-6-13/h1-3,5-6H,4,7-12H2,(H2,15,16). The van der Waals surface area contributed by atoms with Gasteiger partial charge in [0.2, 0.25) is 0 Å². The average molecular weight is 247 g/mol. The number of rotatable bonds is 4. The molecule has 0 aliphatic carbocycles. The van der Waals surface area contributed by atoms with Gasteiger partial charge in [-0.15, -0.1) is 0 Å². The number of hydrogen-bond acceptors (Lipinski definition) is 2. The minimum Gasteiger partial charge on any atom is -0.378 e. The fraction of sp³-hybridized carbons (Fsp3) is 0.500. The van der Waals surface area contributed by atoms with E-state index in [9.17, 15) is 0 Å². The molecule has 4 nitrogen and oxygen atoms in total. The fourth-order valence-electron chi connectivity index (χ4n) is 2.01. The fourth-order valence-corrected chi connectivity index (χ4v) is 2.01. The smallest absolute Gasteiger partial charge is 0.191 e. The summed E-state index contributed by atoms with van der Waals surface area (Å²) in [7, 11) is 0. The van der Waals surface area contributed by atoms with Crippen molar-refractivity contribution < 1.29 is 4.74 Å². The van der Waals surface area contributed by atoms with Gasteiger partial charge in [0.25, 0.3) is 0 Å². The number of morpholine rings is 1. The van der Waals surface area contributed by atoms with E-state index in [1.54, 1.807) is 0 Å². The van der Waals surface area contributed by atoms with Gasteiger partial charge < -0.3 is 15.4 Å². The molecule has 1 aliphatic rings. The summed E-state index contributed by atoms with van der Waals surface area (Å²) < 4.78 is 5.28. The van der Waals surface area contributed by atoms with Crippen molar-refractivity contribution in [1.82, 2.24) is 4.90 Å². The van der Waals surface area contributed by atoms with E-state index in [0.29, 0.717) is 5.96 Å². The van der Waals surface area contributed by atoms with Crippen molar-refractivity contribution >= 4 is 5.96 Å². The Bertz CT molecular complexity index is 372. The lowest BCUT2D eigenvalue weighted by molar-refractivity contribution is 0.0674. The highest BCUT2D eigenvalue weighted by Gasteiger charge is 2.11. The normalized spacial score (nSPS) is 16.9. The van der Waals surface area contributed by atoms with E-state index in [-0.39, 0.29) is 0 Å². The predicted molar refractivity (Wildman–Crippen MR) is 73.6 cm³/mol. The zero-order valence-corrected chi connectivity index (χ0v) is 10.7. The number of nitrogens with two attached hydrogens (primary N) is 1. The van der Waals surface area contributed by atoms with Gasteiger partial charge in [0, 0.05) is 19.6 Å². The second kappa shape index (κ2) is 7.01. The molecule has 18 heavy (non-hydrogen) atoms. The molecule has 0 amide bonds. The molecular formula is C14H21N3O. The first-order chi connectivity index (χ1) is 8.86. The lowest BCUT2D eigenvalue weighted by atomic mass is 10.1. The van der Waals surface area contributed by atoms with Gasteiger partial charge in [0.1, 0.15) is 0 Å². The van der Waals surface area contributed by atoms with Crippen LogP contribution in [0.3, 0.4) is 0 Å². The molecular weight excluding hydrogens is 226 g/mol. The summed E-state index contributed by atoms with van der Waals surface area (Å²) in [5.41, 5.74) is 7.31. The van der Waals surface area contributed by atoms with E-state index in [2.05, 4.69) is 34.2 Å². The first kappa shape index (κ1) is 12.9. The SMILES string of the molecule is NC(=NCCCc1ccccc1)N1CCOCC1. The van der Waals surface area contributed by atoms with Crippen molar-refractivity contribution in [2.24, 2.45) is 10.7 Å². The second-order valence-corrected chi connectivity index (χ2v) is 4.43.